The van der Waals surface area contributed by atoms with Gasteiger partial charge in [0, 0.05) is 19.9 Å². The molecule has 0 saturated heterocycles. The zero-order chi connectivity index (χ0) is 14.3. The summed E-state index contributed by atoms with van der Waals surface area (Å²) in [6.45, 7) is 4.04. The topological polar surface area (TPSA) is 110 Å². The van der Waals surface area contributed by atoms with E-state index in [4.69, 9.17) is 9.90 Å². The molecule has 1 rings (SSSR count). The number of hydrogen-bond acceptors (Lipinski definition) is 4. The molecule has 0 aromatic heterocycles. The molecular formula is C11H14N2O5. The Labute approximate surface area is 104 Å². The van der Waals surface area contributed by atoms with Crippen LogP contribution in [0.1, 0.15) is 19.4 Å². The standard InChI is InChI=1S/C9H10N2O3.C2H4O2/c1-6-8(10-7(2)12)4-3-5-9(6)11(13)14;1-2(3)4/h3-5H,1-2H3,(H,10,12);1H3,(H,3,4). The maximum absolute atomic E-state index is 10.8. The van der Waals surface area contributed by atoms with Crippen molar-refractivity contribution in [1.29, 1.82) is 0 Å². The summed E-state index contributed by atoms with van der Waals surface area (Å²) in [6, 6.07) is 4.57. The molecule has 98 valence electrons. The highest BCUT2D eigenvalue weighted by Crippen LogP contribution is 2.24. The lowest BCUT2D eigenvalue weighted by Gasteiger charge is -2.05. The summed E-state index contributed by atoms with van der Waals surface area (Å²) in [5, 5.41) is 20.5. The van der Waals surface area contributed by atoms with E-state index in [-0.39, 0.29) is 11.6 Å². The van der Waals surface area contributed by atoms with Gasteiger partial charge in [-0.15, -0.1) is 0 Å². The number of nitro groups is 1. The molecule has 0 fully saturated rings. The molecule has 1 aromatic carbocycles. The molecule has 18 heavy (non-hydrogen) atoms. The van der Waals surface area contributed by atoms with E-state index in [9.17, 15) is 14.9 Å². The van der Waals surface area contributed by atoms with Crippen LogP contribution in [0, 0.1) is 17.0 Å². The zero-order valence-corrected chi connectivity index (χ0v) is 10.3. The Hall–Kier alpha value is -2.44. The van der Waals surface area contributed by atoms with E-state index in [0.717, 1.165) is 6.92 Å². The number of nitrogens with one attached hydrogen (secondary N) is 1. The molecule has 0 bridgehead atoms. The van der Waals surface area contributed by atoms with Gasteiger partial charge in [0.2, 0.25) is 5.91 Å². The second kappa shape index (κ2) is 7.00. The Kier molecular flexibility index (Phi) is 6.05. The highest BCUT2D eigenvalue weighted by molar-refractivity contribution is 5.90. The number of nitrogens with zero attached hydrogens (tertiary/aromatic N) is 1. The second-order valence-corrected chi connectivity index (χ2v) is 3.41. The normalized spacial score (nSPS) is 8.83. The number of aliphatic carboxylic acids is 1. The first-order valence-electron chi connectivity index (χ1n) is 4.96. The number of hydrogen-bond donors (Lipinski definition) is 2. The number of rotatable bonds is 2. The van der Waals surface area contributed by atoms with Crippen LogP contribution in [-0.4, -0.2) is 21.9 Å². The van der Waals surface area contributed by atoms with Crippen LogP contribution in [-0.2, 0) is 9.59 Å². The predicted octanol–water partition coefficient (Wildman–Crippen LogP) is 1.95. The predicted molar refractivity (Wildman–Crippen MR) is 65.4 cm³/mol. The molecule has 0 radical (unpaired) electrons. The van der Waals surface area contributed by atoms with Crippen molar-refractivity contribution in [1.82, 2.24) is 0 Å². The first-order chi connectivity index (χ1) is 8.25. The Morgan fingerprint density at radius 1 is 1.33 bits per heavy atom. The van der Waals surface area contributed by atoms with Gasteiger partial charge in [-0.05, 0) is 13.0 Å². The Balaban J connectivity index is 0.000000631. The minimum Gasteiger partial charge on any atom is -0.481 e. The lowest BCUT2D eigenvalue weighted by Crippen LogP contribution is -2.07. The second-order valence-electron chi connectivity index (χ2n) is 3.41. The molecule has 0 unspecified atom stereocenters. The van der Waals surface area contributed by atoms with Gasteiger partial charge in [0.1, 0.15) is 0 Å². The smallest absolute Gasteiger partial charge is 0.300 e. The fourth-order valence-electron chi connectivity index (χ4n) is 1.15. The van der Waals surface area contributed by atoms with Gasteiger partial charge in [0.15, 0.2) is 0 Å². The highest BCUT2D eigenvalue weighted by Gasteiger charge is 2.13. The monoisotopic (exact) mass is 254 g/mol. The number of carbonyl (C=O) groups excluding carboxylic acids is 1. The first kappa shape index (κ1) is 15.6. The summed E-state index contributed by atoms with van der Waals surface area (Å²) in [6.07, 6.45) is 0. The van der Waals surface area contributed by atoms with Crippen molar-refractivity contribution < 1.29 is 19.6 Å². The van der Waals surface area contributed by atoms with Crippen molar-refractivity contribution in [3.63, 3.8) is 0 Å². The molecule has 7 nitrogen and oxygen atoms in total. The van der Waals surface area contributed by atoms with E-state index in [1.165, 1.54) is 19.1 Å². The quantitative estimate of drug-likeness (QED) is 0.619. The fraction of sp³-hybridized carbons (Fsp3) is 0.273. The summed E-state index contributed by atoms with van der Waals surface area (Å²) in [5.74, 6) is -1.08. The molecule has 0 saturated carbocycles. The molecule has 0 aliphatic carbocycles. The van der Waals surface area contributed by atoms with Crippen LogP contribution in [0.3, 0.4) is 0 Å². The molecule has 0 spiro atoms. The van der Waals surface area contributed by atoms with Crippen LogP contribution in [0.25, 0.3) is 0 Å². The molecule has 0 aliphatic rings. The van der Waals surface area contributed by atoms with Crippen molar-refractivity contribution >= 4 is 23.3 Å². The number of carboxylic acid groups (broad SMARTS) is 1. The molecule has 7 heteroatoms. The summed E-state index contributed by atoms with van der Waals surface area (Å²) < 4.78 is 0. The van der Waals surface area contributed by atoms with Crippen LogP contribution in [0.5, 0.6) is 0 Å². The molecule has 1 aromatic rings. The van der Waals surface area contributed by atoms with Gasteiger partial charge in [-0.25, -0.2) is 0 Å². The fourth-order valence-corrected chi connectivity index (χ4v) is 1.15. The Morgan fingerprint density at radius 3 is 2.22 bits per heavy atom. The van der Waals surface area contributed by atoms with E-state index >= 15 is 0 Å². The number of carboxylic acids is 1. The van der Waals surface area contributed by atoms with E-state index < -0.39 is 10.9 Å². The van der Waals surface area contributed by atoms with Crippen LogP contribution in [0.4, 0.5) is 11.4 Å². The lowest BCUT2D eigenvalue weighted by atomic mass is 10.1. The summed E-state index contributed by atoms with van der Waals surface area (Å²) in [5.41, 5.74) is 0.954. The van der Waals surface area contributed by atoms with Crippen LogP contribution >= 0.6 is 0 Å². The minimum atomic E-state index is -0.833. The van der Waals surface area contributed by atoms with Crippen molar-refractivity contribution in [2.24, 2.45) is 0 Å². The Morgan fingerprint density at radius 2 is 1.83 bits per heavy atom. The Bertz CT molecular complexity index is 467. The van der Waals surface area contributed by atoms with Crippen molar-refractivity contribution in [2.75, 3.05) is 5.32 Å². The lowest BCUT2D eigenvalue weighted by molar-refractivity contribution is -0.385. The minimum absolute atomic E-state index is 0.0104. The summed E-state index contributed by atoms with van der Waals surface area (Å²) in [4.78, 5) is 29.8. The zero-order valence-electron chi connectivity index (χ0n) is 10.3. The third-order valence-electron chi connectivity index (χ3n) is 1.81. The van der Waals surface area contributed by atoms with Crippen LogP contribution in [0.15, 0.2) is 18.2 Å². The van der Waals surface area contributed by atoms with Crippen molar-refractivity contribution in [2.45, 2.75) is 20.8 Å². The SMILES string of the molecule is CC(=O)Nc1cccc([N+](=O)[O-])c1C.CC(=O)O. The van der Waals surface area contributed by atoms with Gasteiger partial charge in [-0.2, -0.15) is 0 Å². The van der Waals surface area contributed by atoms with Crippen molar-refractivity contribution in [3.8, 4) is 0 Å². The summed E-state index contributed by atoms with van der Waals surface area (Å²) >= 11 is 0. The maximum Gasteiger partial charge on any atom is 0.300 e. The van der Waals surface area contributed by atoms with E-state index in [1.54, 1.807) is 13.0 Å². The number of anilines is 1. The van der Waals surface area contributed by atoms with Crippen LogP contribution in [0.2, 0.25) is 0 Å². The molecule has 1 amide bonds. The van der Waals surface area contributed by atoms with E-state index in [1.807, 2.05) is 0 Å². The average molecular weight is 254 g/mol. The molecule has 0 heterocycles. The molecule has 2 N–H and O–H groups in total. The van der Waals surface area contributed by atoms with E-state index in [2.05, 4.69) is 5.32 Å². The molecular weight excluding hydrogens is 240 g/mol. The first-order valence-corrected chi connectivity index (χ1v) is 4.96. The van der Waals surface area contributed by atoms with Gasteiger partial charge < -0.3 is 10.4 Å². The number of nitro benzene ring substituents is 1. The highest BCUT2D eigenvalue weighted by atomic mass is 16.6. The summed E-state index contributed by atoms with van der Waals surface area (Å²) in [7, 11) is 0. The third-order valence-corrected chi connectivity index (χ3v) is 1.81. The van der Waals surface area contributed by atoms with Gasteiger partial charge >= 0.3 is 0 Å². The number of amides is 1. The van der Waals surface area contributed by atoms with Crippen LogP contribution < -0.4 is 5.32 Å². The maximum atomic E-state index is 10.8. The van der Waals surface area contributed by atoms with Gasteiger partial charge in [0.25, 0.3) is 11.7 Å². The molecule has 0 aliphatic heterocycles. The number of benzene rings is 1. The largest absolute Gasteiger partial charge is 0.481 e. The number of carbonyl (C=O) groups is 2. The third kappa shape index (κ3) is 5.59. The average Bonchev–Trinajstić information content (AvgIpc) is 2.19. The van der Waals surface area contributed by atoms with E-state index in [0.29, 0.717) is 11.3 Å². The molecule has 0 atom stereocenters. The van der Waals surface area contributed by atoms with Gasteiger partial charge in [0.05, 0.1) is 16.2 Å². The van der Waals surface area contributed by atoms with Gasteiger partial charge in [-0.3, -0.25) is 19.7 Å². The van der Waals surface area contributed by atoms with Gasteiger partial charge in [-0.1, -0.05) is 6.07 Å². The van der Waals surface area contributed by atoms with Crippen molar-refractivity contribution in [3.05, 3.63) is 33.9 Å².